The highest BCUT2D eigenvalue weighted by Crippen LogP contribution is 2.44. The lowest BCUT2D eigenvalue weighted by Gasteiger charge is -2.35. The normalized spacial score (nSPS) is 20.3. The van der Waals surface area contributed by atoms with Crippen LogP contribution in [0.1, 0.15) is 92.7 Å². The lowest BCUT2D eigenvalue weighted by atomic mass is 9.88. The highest BCUT2D eigenvalue weighted by Gasteiger charge is 2.54. The Labute approximate surface area is 436 Å². The summed E-state index contributed by atoms with van der Waals surface area (Å²) in [7, 11) is -4.01. The smallest absolute Gasteiger partial charge is 0.410 e. The van der Waals surface area contributed by atoms with Gasteiger partial charge in [0.05, 0.1) is 30.5 Å². The van der Waals surface area contributed by atoms with Crippen LogP contribution in [0.15, 0.2) is 103 Å². The molecule has 75 heavy (non-hydrogen) atoms. The Balaban J connectivity index is 0.891. The molecular weight excluding hydrogens is 984 g/mol. The molecule has 2 aromatic heterocycles. The zero-order chi connectivity index (χ0) is 53.4. The van der Waals surface area contributed by atoms with Gasteiger partial charge < -0.3 is 48.9 Å². The van der Waals surface area contributed by atoms with Crippen LogP contribution < -0.4 is 5.32 Å². The summed E-state index contributed by atoms with van der Waals surface area (Å²) in [6.07, 6.45) is 2.08. The number of alkyl carbamates (subject to hydrolysis) is 1. The van der Waals surface area contributed by atoms with Crippen LogP contribution in [0.3, 0.4) is 0 Å². The van der Waals surface area contributed by atoms with E-state index >= 15 is 0 Å². The number of nitrogens with zero attached hydrogens (tertiary/aromatic N) is 3. The number of hydrogen-bond donors (Lipinski definition) is 3. The minimum atomic E-state index is -4.01. The Morgan fingerprint density at radius 3 is 2.19 bits per heavy atom. The van der Waals surface area contributed by atoms with Crippen molar-refractivity contribution in [3.8, 4) is 0 Å². The van der Waals surface area contributed by atoms with Gasteiger partial charge in [0, 0.05) is 78.6 Å². The Hall–Kier alpha value is -7.12. The van der Waals surface area contributed by atoms with Gasteiger partial charge in [-0.1, -0.05) is 66.7 Å². The third-order valence-corrected chi connectivity index (χ3v) is 14.9. The number of H-pyrrole nitrogens is 2. The number of aromatic amines is 2. The van der Waals surface area contributed by atoms with Gasteiger partial charge in [-0.3, -0.25) is 4.18 Å². The van der Waals surface area contributed by atoms with E-state index in [4.69, 9.17) is 23.1 Å². The fourth-order valence-electron chi connectivity index (χ4n) is 11.2. The number of ether oxygens (including phenoxy) is 4. The number of aromatic nitrogens is 2. The van der Waals surface area contributed by atoms with Crippen molar-refractivity contribution in [2.45, 2.75) is 121 Å². The summed E-state index contributed by atoms with van der Waals surface area (Å²) in [5.41, 5.74) is 4.51. The first-order valence-corrected chi connectivity index (χ1v) is 27.1. The van der Waals surface area contributed by atoms with Crippen molar-refractivity contribution in [1.82, 2.24) is 30.0 Å². The zero-order valence-electron chi connectivity index (χ0n) is 43.3. The number of likely N-dealkylation sites (tertiary alicyclic amines) is 3. The molecule has 3 N–H and O–H groups in total. The first kappa shape index (κ1) is 52.7. The van der Waals surface area contributed by atoms with Gasteiger partial charge in [0.15, 0.2) is 0 Å². The van der Waals surface area contributed by atoms with Crippen molar-refractivity contribution in [2.24, 2.45) is 0 Å². The number of benzene rings is 4. The molecule has 3 fully saturated rings. The third kappa shape index (κ3) is 12.0. The SMILES string of the molecule is Cc1ccc2c(C3CN(C(=O)OCc4ccccc4)C4CCN(C(=O)OC(C)(C)Cc5ccccc5COC(=O)NCC(c5c[nH]c6cc(F)ccc56)C5C(OS(C)(=O)=O)CCN5C(=O)OC(C)(C)C)C34)c[nH]c2c1. The molecule has 3 aliphatic rings. The molecule has 0 spiro atoms. The molecule has 3 aliphatic heterocycles. The van der Waals surface area contributed by atoms with Crippen LogP contribution in [-0.4, -0.2) is 125 Å². The van der Waals surface area contributed by atoms with E-state index in [9.17, 15) is 32.0 Å². The molecule has 0 saturated carbocycles. The standard InChI is InChI=1S/C56H65FN6O11S/c1-34-17-19-39-42(29-58-45(39)25-34)44-31-63(52(65)71-32-35-13-9-8-10-14-35)47-21-23-61(49(44)47)54(67)73-56(5,6)27-36-15-11-12-16-37(36)33-70-51(64)60-30-43(41-28-59-46-26-38(57)18-20-40(41)46)50-48(74-75(7,68)69)22-24-62(50)53(66)72-55(2,3)4/h8-20,25-26,28-29,43-44,47-50,58-59H,21-24,27,30-33H2,1-7H3,(H,60,64). The number of amides is 4. The number of hydrogen-bond acceptors (Lipinski definition) is 11. The molecule has 0 radical (unpaired) electrons. The predicted molar refractivity (Wildman–Crippen MR) is 279 cm³/mol. The zero-order valence-corrected chi connectivity index (χ0v) is 44.1. The van der Waals surface area contributed by atoms with Crippen molar-refractivity contribution < 1.29 is 55.1 Å². The fraction of sp³-hybridized carbons (Fsp3) is 0.429. The molecule has 6 aromatic rings. The van der Waals surface area contributed by atoms with Gasteiger partial charge in [-0.05, 0) is 112 Å². The number of aryl methyl sites for hydroxylation is 1. The van der Waals surface area contributed by atoms with E-state index in [-0.39, 0.29) is 57.1 Å². The van der Waals surface area contributed by atoms with Crippen molar-refractivity contribution in [3.63, 3.8) is 0 Å². The molecule has 3 saturated heterocycles. The number of carbonyl (C=O) groups excluding carboxylic acids is 4. The molecule has 9 rings (SSSR count). The Kier molecular flexibility index (Phi) is 14.9. The summed E-state index contributed by atoms with van der Waals surface area (Å²) in [5.74, 6) is -1.50. The lowest BCUT2D eigenvalue weighted by Crippen LogP contribution is -2.49. The van der Waals surface area contributed by atoms with Crippen LogP contribution in [0.4, 0.5) is 23.6 Å². The quantitative estimate of drug-likeness (QED) is 0.0692. The molecular formula is C56H65FN6O11S. The molecule has 6 unspecified atom stereocenters. The fourth-order valence-corrected chi connectivity index (χ4v) is 11.8. The number of halogens is 1. The van der Waals surface area contributed by atoms with Gasteiger partial charge in [0.25, 0.3) is 10.1 Å². The van der Waals surface area contributed by atoms with Crippen LogP contribution in [0.2, 0.25) is 0 Å². The summed E-state index contributed by atoms with van der Waals surface area (Å²) in [6.45, 7) is 11.5. The van der Waals surface area contributed by atoms with Crippen molar-refractivity contribution in [3.05, 3.63) is 143 Å². The molecule has 4 amide bonds. The number of fused-ring (bicyclic) bond motifs is 3. The molecule has 398 valence electrons. The van der Waals surface area contributed by atoms with E-state index in [1.165, 1.54) is 17.0 Å². The highest BCUT2D eigenvalue weighted by molar-refractivity contribution is 7.86. The number of rotatable bonds is 14. The third-order valence-electron chi connectivity index (χ3n) is 14.3. The van der Waals surface area contributed by atoms with Crippen LogP contribution in [-0.2, 0) is 52.9 Å². The molecule has 6 atom stereocenters. The molecule has 0 bridgehead atoms. The van der Waals surface area contributed by atoms with Gasteiger partial charge in [-0.25, -0.2) is 23.6 Å². The van der Waals surface area contributed by atoms with Gasteiger partial charge in [0.1, 0.15) is 30.2 Å². The summed E-state index contributed by atoms with van der Waals surface area (Å²) in [4.78, 5) is 67.2. The predicted octanol–water partition coefficient (Wildman–Crippen LogP) is 9.80. The maximum Gasteiger partial charge on any atom is 0.410 e. The van der Waals surface area contributed by atoms with Gasteiger partial charge in [-0.2, -0.15) is 8.42 Å². The van der Waals surface area contributed by atoms with Crippen LogP contribution >= 0.6 is 0 Å². The first-order valence-electron chi connectivity index (χ1n) is 25.3. The van der Waals surface area contributed by atoms with Gasteiger partial charge in [0.2, 0.25) is 0 Å². The van der Waals surface area contributed by atoms with Crippen molar-refractivity contribution in [2.75, 3.05) is 32.4 Å². The van der Waals surface area contributed by atoms with E-state index in [0.29, 0.717) is 41.5 Å². The monoisotopic (exact) mass is 1050 g/mol. The summed E-state index contributed by atoms with van der Waals surface area (Å²) >= 11 is 0. The molecule has 0 aliphatic carbocycles. The Morgan fingerprint density at radius 1 is 0.760 bits per heavy atom. The van der Waals surface area contributed by atoms with Gasteiger partial charge >= 0.3 is 24.4 Å². The minimum Gasteiger partial charge on any atom is -0.445 e. The molecule has 4 aromatic carbocycles. The molecule has 17 nitrogen and oxygen atoms in total. The largest absolute Gasteiger partial charge is 0.445 e. The van der Waals surface area contributed by atoms with Crippen molar-refractivity contribution >= 4 is 56.3 Å². The average molecular weight is 1050 g/mol. The minimum absolute atomic E-state index is 0.106. The van der Waals surface area contributed by atoms with Gasteiger partial charge in [-0.15, -0.1) is 0 Å². The van der Waals surface area contributed by atoms with E-state index in [0.717, 1.165) is 39.4 Å². The first-order chi connectivity index (χ1) is 35.6. The summed E-state index contributed by atoms with van der Waals surface area (Å²) < 4.78 is 69.0. The van der Waals surface area contributed by atoms with E-state index < -0.39 is 69.6 Å². The Morgan fingerprint density at radius 2 is 1.44 bits per heavy atom. The number of carbonyl (C=O) groups is 4. The highest BCUT2D eigenvalue weighted by atomic mass is 32.2. The molecule has 19 heteroatoms. The van der Waals surface area contributed by atoms with Crippen LogP contribution in [0.5, 0.6) is 0 Å². The van der Waals surface area contributed by atoms with E-state index in [2.05, 4.69) is 33.5 Å². The number of nitrogens with one attached hydrogen (secondary N) is 3. The Bertz CT molecular complexity index is 3190. The second kappa shape index (κ2) is 21.2. The van der Waals surface area contributed by atoms with E-state index in [1.54, 1.807) is 42.8 Å². The van der Waals surface area contributed by atoms with E-state index in [1.807, 2.05) is 81.6 Å². The maximum atomic E-state index is 14.5. The summed E-state index contributed by atoms with van der Waals surface area (Å²) in [5, 5.41) is 4.46. The van der Waals surface area contributed by atoms with Crippen LogP contribution in [0, 0.1) is 12.7 Å². The second-order valence-corrected chi connectivity index (χ2v) is 23.1. The lowest BCUT2D eigenvalue weighted by molar-refractivity contribution is 0.00996. The maximum absolute atomic E-state index is 14.5. The molecule has 5 heterocycles. The summed E-state index contributed by atoms with van der Waals surface area (Å²) in [6, 6.07) is 25.6. The van der Waals surface area contributed by atoms with Crippen molar-refractivity contribution in [1.29, 1.82) is 0 Å². The topological polar surface area (TPSA) is 202 Å². The average Bonchev–Trinajstić information content (AvgIpc) is 4.21. The second-order valence-electron chi connectivity index (χ2n) is 21.5. The van der Waals surface area contributed by atoms with Crippen LogP contribution in [0.25, 0.3) is 21.8 Å².